The minimum atomic E-state index is -2.05. The Hall–Kier alpha value is -3.71. The highest BCUT2D eigenvalue weighted by Crippen LogP contribution is 2.46. The van der Waals surface area contributed by atoms with Gasteiger partial charge in [-0.3, -0.25) is 4.79 Å². The van der Waals surface area contributed by atoms with Gasteiger partial charge < -0.3 is 94.5 Å². The maximum absolute atomic E-state index is 13.5. The van der Waals surface area contributed by atoms with Gasteiger partial charge in [0.25, 0.3) is 0 Å². The zero-order valence-corrected chi connectivity index (χ0v) is 27.6. The predicted octanol–water partition coefficient (Wildman–Crippen LogP) is -3.88. The molecular formula is C33H40O20. The SMILES string of the molecule is CC1O[C@@H](OCC2O[C@@H](Oc3cc4oc(-c5ccc(O)c(O)c5)cc(=O)c4c(O)c3[C@@H]3OC(CO)[C@@H](O)[C@H](O)C3O)C(O)[C@@H](O)[C@@H]2O)C(O)[C@@H](O)[C@H]1O. The fourth-order valence-electron chi connectivity index (χ4n) is 6.44. The van der Waals surface area contributed by atoms with Crippen molar-refractivity contribution in [1.29, 1.82) is 0 Å². The minimum absolute atomic E-state index is 0.105. The van der Waals surface area contributed by atoms with E-state index < -0.39 is 150 Å². The lowest BCUT2D eigenvalue weighted by molar-refractivity contribution is -0.318. The molecule has 3 aliphatic rings. The molecule has 0 bridgehead atoms. The van der Waals surface area contributed by atoms with Crippen molar-refractivity contribution in [2.45, 2.75) is 98.9 Å². The zero-order valence-electron chi connectivity index (χ0n) is 27.6. The van der Waals surface area contributed by atoms with E-state index in [1.54, 1.807) is 0 Å². The van der Waals surface area contributed by atoms with Gasteiger partial charge in [0, 0.05) is 17.7 Å². The molecule has 53 heavy (non-hydrogen) atoms. The summed E-state index contributed by atoms with van der Waals surface area (Å²) < 4.78 is 34.0. The largest absolute Gasteiger partial charge is 0.506 e. The normalized spacial score (nSPS) is 37.8. The van der Waals surface area contributed by atoms with Gasteiger partial charge in [0.05, 0.1) is 24.9 Å². The Morgan fingerprint density at radius 3 is 2.00 bits per heavy atom. The van der Waals surface area contributed by atoms with Crippen LogP contribution in [0.15, 0.2) is 39.5 Å². The van der Waals surface area contributed by atoms with Crippen LogP contribution in [0.1, 0.15) is 18.6 Å². The number of fused-ring (bicyclic) bond motifs is 1. The van der Waals surface area contributed by atoms with E-state index in [4.69, 9.17) is 28.1 Å². The van der Waals surface area contributed by atoms with E-state index in [0.29, 0.717) is 0 Å². The van der Waals surface area contributed by atoms with Crippen LogP contribution in [-0.4, -0.2) is 165 Å². The molecule has 20 heteroatoms. The second-order valence-electron chi connectivity index (χ2n) is 13.1. The molecule has 15 atom stereocenters. The van der Waals surface area contributed by atoms with Crippen LogP contribution in [0, 0.1) is 0 Å². The third kappa shape index (κ3) is 7.15. The van der Waals surface area contributed by atoms with Crippen molar-refractivity contribution < 1.29 is 94.5 Å². The number of benzene rings is 2. The first kappa shape index (κ1) is 39.0. The van der Waals surface area contributed by atoms with Crippen molar-refractivity contribution in [3.8, 4) is 34.3 Å². The van der Waals surface area contributed by atoms with E-state index in [0.717, 1.165) is 24.3 Å². The van der Waals surface area contributed by atoms with Crippen LogP contribution in [0.25, 0.3) is 22.3 Å². The summed E-state index contributed by atoms with van der Waals surface area (Å²) >= 11 is 0. The van der Waals surface area contributed by atoms with E-state index in [1.165, 1.54) is 13.0 Å². The molecule has 3 fully saturated rings. The van der Waals surface area contributed by atoms with Gasteiger partial charge in [-0.1, -0.05) is 0 Å². The molecule has 1 aromatic heterocycles. The van der Waals surface area contributed by atoms with Gasteiger partial charge >= 0.3 is 0 Å². The summed E-state index contributed by atoms with van der Waals surface area (Å²) in [6.07, 6.45) is -26.0. The van der Waals surface area contributed by atoms with Crippen LogP contribution in [-0.2, 0) is 18.9 Å². The van der Waals surface area contributed by atoms with E-state index in [1.807, 2.05) is 0 Å². The molecule has 0 aliphatic carbocycles. The molecule has 6 rings (SSSR count). The third-order valence-electron chi connectivity index (χ3n) is 9.58. The van der Waals surface area contributed by atoms with Gasteiger partial charge in [-0.25, -0.2) is 0 Å². The van der Waals surface area contributed by atoms with Crippen molar-refractivity contribution in [2.75, 3.05) is 13.2 Å². The zero-order chi connectivity index (χ0) is 38.6. The summed E-state index contributed by atoms with van der Waals surface area (Å²) in [7, 11) is 0. The summed E-state index contributed by atoms with van der Waals surface area (Å²) in [6.45, 7) is -0.138. The number of rotatable bonds is 8. The number of aromatic hydroxyl groups is 3. The number of aliphatic hydroxyl groups excluding tert-OH is 10. The first-order chi connectivity index (χ1) is 25.0. The molecule has 3 aliphatic heterocycles. The van der Waals surface area contributed by atoms with Crippen LogP contribution >= 0.6 is 0 Å². The maximum atomic E-state index is 13.5. The summed E-state index contributed by atoms with van der Waals surface area (Å²) in [5, 5.41) is 135. The lowest BCUT2D eigenvalue weighted by atomic mass is 9.89. The van der Waals surface area contributed by atoms with Crippen molar-refractivity contribution in [3.05, 3.63) is 46.1 Å². The van der Waals surface area contributed by atoms with Crippen LogP contribution in [0.3, 0.4) is 0 Å². The number of phenolic OH excluding ortho intramolecular Hbond substituents is 3. The van der Waals surface area contributed by atoms with Crippen molar-refractivity contribution >= 4 is 11.0 Å². The Kier molecular flexibility index (Phi) is 11.2. The Bertz CT molecular complexity index is 1830. The molecule has 0 saturated carbocycles. The number of phenols is 3. The van der Waals surface area contributed by atoms with Gasteiger partial charge in [0.1, 0.15) is 101 Å². The Labute approximate surface area is 298 Å². The van der Waals surface area contributed by atoms with Gasteiger partial charge in [0.2, 0.25) is 6.29 Å². The molecule has 2 aromatic carbocycles. The molecule has 6 unspecified atom stereocenters. The topological polar surface area (TPSA) is 339 Å². The second kappa shape index (κ2) is 15.2. The predicted molar refractivity (Wildman–Crippen MR) is 171 cm³/mol. The molecule has 0 spiro atoms. The monoisotopic (exact) mass is 756 g/mol. The lowest BCUT2D eigenvalue weighted by Gasteiger charge is -2.43. The Morgan fingerprint density at radius 2 is 1.32 bits per heavy atom. The number of hydrogen-bond donors (Lipinski definition) is 13. The average Bonchev–Trinajstić information content (AvgIpc) is 3.12. The van der Waals surface area contributed by atoms with Crippen molar-refractivity contribution in [3.63, 3.8) is 0 Å². The smallest absolute Gasteiger partial charge is 0.229 e. The number of hydrogen-bond acceptors (Lipinski definition) is 20. The van der Waals surface area contributed by atoms with Gasteiger partial charge in [-0.2, -0.15) is 0 Å². The van der Waals surface area contributed by atoms with Crippen LogP contribution in [0.4, 0.5) is 0 Å². The standard InChI is InChI=1S/C33H40O20/c1-9-21(38)25(42)29(46)32(49-9)48-8-18-23(40)27(44)30(47)33(53-18)52-16-6-15-19(13(37)5-14(50-15)10-2-3-11(35)12(36)4-10)24(41)20(16)31-28(45)26(43)22(39)17(7-34)51-31/h2-6,9,17-18,21-23,25-36,38-47H,7-8H2,1H3/t9?,17?,18?,21-,22+,23+,25-,26-,27-,28?,29?,30?,31-,32+,33+/m0/s1. The van der Waals surface area contributed by atoms with Crippen LogP contribution in [0.5, 0.6) is 23.0 Å². The molecule has 4 heterocycles. The van der Waals surface area contributed by atoms with E-state index in [2.05, 4.69) is 0 Å². The summed E-state index contributed by atoms with van der Waals surface area (Å²) in [5.74, 6) is -2.71. The lowest BCUT2D eigenvalue weighted by Crippen LogP contribution is -2.61. The van der Waals surface area contributed by atoms with E-state index >= 15 is 0 Å². The average molecular weight is 757 g/mol. The van der Waals surface area contributed by atoms with Gasteiger partial charge in [0.15, 0.2) is 23.2 Å². The Balaban J connectivity index is 1.39. The van der Waals surface area contributed by atoms with Crippen LogP contribution in [0.2, 0.25) is 0 Å². The second-order valence-corrected chi connectivity index (χ2v) is 13.1. The molecule has 3 saturated heterocycles. The Morgan fingerprint density at radius 1 is 0.679 bits per heavy atom. The highest BCUT2D eigenvalue weighted by Gasteiger charge is 2.50. The quantitative estimate of drug-likeness (QED) is 0.0978. The maximum Gasteiger partial charge on any atom is 0.229 e. The molecule has 3 aromatic rings. The molecule has 0 amide bonds. The first-order valence-corrected chi connectivity index (χ1v) is 16.4. The number of aliphatic hydroxyl groups is 10. The third-order valence-corrected chi connectivity index (χ3v) is 9.58. The van der Waals surface area contributed by atoms with Crippen LogP contribution < -0.4 is 10.2 Å². The summed E-state index contributed by atoms with van der Waals surface area (Å²) in [4.78, 5) is 13.5. The minimum Gasteiger partial charge on any atom is -0.506 e. The van der Waals surface area contributed by atoms with Crippen molar-refractivity contribution in [1.82, 2.24) is 0 Å². The first-order valence-electron chi connectivity index (χ1n) is 16.4. The molecule has 292 valence electrons. The molecule has 13 N–H and O–H groups in total. The number of ether oxygens (including phenoxy) is 5. The van der Waals surface area contributed by atoms with Gasteiger partial charge in [-0.05, 0) is 25.1 Å². The molecule has 20 nitrogen and oxygen atoms in total. The fourth-order valence-corrected chi connectivity index (χ4v) is 6.44. The summed E-state index contributed by atoms with van der Waals surface area (Å²) in [5.41, 5.74) is -1.74. The summed E-state index contributed by atoms with van der Waals surface area (Å²) in [6, 6.07) is 5.45. The highest BCUT2D eigenvalue weighted by atomic mass is 16.7. The highest BCUT2D eigenvalue weighted by molar-refractivity contribution is 5.88. The van der Waals surface area contributed by atoms with Crippen molar-refractivity contribution in [2.24, 2.45) is 0 Å². The van der Waals surface area contributed by atoms with E-state index in [-0.39, 0.29) is 11.3 Å². The van der Waals surface area contributed by atoms with E-state index in [9.17, 15) is 71.2 Å². The van der Waals surface area contributed by atoms with Gasteiger partial charge in [-0.15, -0.1) is 0 Å². The molecule has 0 radical (unpaired) electrons. The fraction of sp³-hybridized carbons (Fsp3) is 0.545. The molecular weight excluding hydrogens is 716 g/mol.